The predicted octanol–water partition coefficient (Wildman–Crippen LogP) is 4.87. The van der Waals surface area contributed by atoms with Crippen molar-refractivity contribution in [3.8, 4) is 0 Å². The van der Waals surface area contributed by atoms with Gasteiger partial charge in [-0.25, -0.2) is 0 Å². The second kappa shape index (κ2) is 8.85. The van der Waals surface area contributed by atoms with Gasteiger partial charge in [0.2, 0.25) is 5.91 Å². The zero-order valence-electron chi connectivity index (χ0n) is 15.8. The van der Waals surface area contributed by atoms with Crippen LogP contribution in [0, 0.1) is 13.8 Å². The van der Waals surface area contributed by atoms with Gasteiger partial charge in [0.05, 0.1) is 5.75 Å². The molecule has 2 aromatic carbocycles. The molecule has 1 unspecified atom stereocenters. The summed E-state index contributed by atoms with van der Waals surface area (Å²) in [7, 11) is 0. The zero-order valence-corrected chi connectivity index (χ0v) is 17.5. The second-order valence-corrected chi connectivity index (χ2v) is 8.59. The van der Waals surface area contributed by atoms with Crippen LogP contribution < -0.4 is 9.62 Å². The fraction of sp³-hybridized carbons (Fsp3) is 0.333. The van der Waals surface area contributed by atoms with E-state index in [2.05, 4.69) is 42.8 Å². The van der Waals surface area contributed by atoms with Crippen molar-refractivity contribution in [2.24, 2.45) is 0 Å². The summed E-state index contributed by atoms with van der Waals surface area (Å²) < 4.78 is 2.86. The molecule has 1 aliphatic rings. The highest BCUT2D eigenvalue weighted by Crippen LogP contribution is 2.42. The van der Waals surface area contributed by atoms with E-state index in [0.29, 0.717) is 11.3 Å². The van der Waals surface area contributed by atoms with E-state index in [4.69, 9.17) is 0 Å². The lowest BCUT2D eigenvalue weighted by atomic mass is 10.1. The normalized spacial score (nSPS) is 16.6. The first-order valence-corrected chi connectivity index (χ1v) is 11.1. The van der Waals surface area contributed by atoms with Crippen LogP contribution in [0.15, 0.2) is 42.5 Å². The fourth-order valence-electron chi connectivity index (χ4n) is 3.01. The Morgan fingerprint density at radius 3 is 2.63 bits per heavy atom. The van der Waals surface area contributed by atoms with E-state index in [0.717, 1.165) is 29.0 Å². The summed E-state index contributed by atoms with van der Waals surface area (Å²) in [5, 5.41) is -0.0309. The minimum Gasteiger partial charge on any atom is -0.296 e. The number of aryl methyl sites for hydroxylation is 2. The van der Waals surface area contributed by atoms with E-state index in [1.807, 2.05) is 24.0 Å². The Bertz CT molecular complexity index is 837. The van der Waals surface area contributed by atoms with Crippen LogP contribution in [-0.4, -0.2) is 23.3 Å². The van der Waals surface area contributed by atoms with Crippen molar-refractivity contribution in [3.63, 3.8) is 0 Å². The summed E-state index contributed by atoms with van der Waals surface area (Å²) >= 11 is 3.06. The van der Waals surface area contributed by atoms with Gasteiger partial charge in [0.1, 0.15) is 5.37 Å². The molecule has 0 bridgehead atoms. The number of thioether (sulfide) groups is 1. The average molecular weight is 401 g/mol. The van der Waals surface area contributed by atoms with Crippen molar-refractivity contribution < 1.29 is 9.59 Å². The van der Waals surface area contributed by atoms with E-state index in [9.17, 15) is 9.59 Å². The molecule has 0 saturated carbocycles. The molecule has 27 heavy (non-hydrogen) atoms. The summed E-state index contributed by atoms with van der Waals surface area (Å²) in [4.78, 5) is 26.7. The van der Waals surface area contributed by atoms with Crippen LogP contribution >= 0.6 is 23.7 Å². The van der Waals surface area contributed by atoms with Crippen molar-refractivity contribution in [2.75, 3.05) is 16.4 Å². The largest absolute Gasteiger partial charge is 0.296 e. The van der Waals surface area contributed by atoms with Crippen LogP contribution in [0.2, 0.25) is 0 Å². The van der Waals surface area contributed by atoms with Gasteiger partial charge in [-0.2, -0.15) is 0 Å². The summed E-state index contributed by atoms with van der Waals surface area (Å²) in [6.07, 6.45) is 1.01. The Morgan fingerprint density at radius 2 is 1.96 bits per heavy atom. The highest BCUT2D eigenvalue weighted by Gasteiger charge is 2.34. The van der Waals surface area contributed by atoms with Crippen molar-refractivity contribution in [1.82, 2.24) is 4.72 Å². The molecule has 0 radical (unpaired) electrons. The van der Waals surface area contributed by atoms with Crippen LogP contribution in [0.1, 0.15) is 45.8 Å². The van der Waals surface area contributed by atoms with Gasteiger partial charge in [0.25, 0.3) is 5.91 Å². The van der Waals surface area contributed by atoms with Crippen molar-refractivity contribution in [1.29, 1.82) is 0 Å². The minimum absolute atomic E-state index is 0.0309. The van der Waals surface area contributed by atoms with Gasteiger partial charge in [0, 0.05) is 17.0 Å². The van der Waals surface area contributed by atoms with Gasteiger partial charge in [0.15, 0.2) is 0 Å². The van der Waals surface area contributed by atoms with Gasteiger partial charge in [-0.3, -0.25) is 19.2 Å². The van der Waals surface area contributed by atoms with Gasteiger partial charge in [-0.15, -0.1) is 11.8 Å². The van der Waals surface area contributed by atoms with Crippen LogP contribution in [-0.2, 0) is 4.79 Å². The van der Waals surface area contributed by atoms with Crippen LogP contribution in [0.3, 0.4) is 0 Å². The summed E-state index contributed by atoms with van der Waals surface area (Å²) in [6, 6.07) is 13.9. The molecule has 1 fully saturated rings. The molecule has 3 rings (SSSR count). The van der Waals surface area contributed by atoms with Crippen molar-refractivity contribution in [2.45, 2.75) is 32.6 Å². The zero-order chi connectivity index (χ0) is 19.4. The number of amides is 2. The van der Waals surface area contributed by atoms with Gasteiger partial charge in [-0.05, 0) is 49.6 Å². The Morgan fingerprint density at radius 1 is 1.22 bits per heavy atom. The highest BCUT2D eigenvalue weighted by molar-refractivity contribution is 8.00. The average Bonchev–Trinajstić information content (AvgIpc) is 3.03. The molecular weight excluding hydrogens is 376 g/mol. The van der Waals surface area contributed by atoms with Crippen LogP contribution in [0.5, 0.6) is 0 Å². The van der Waals surface area contributed by atoms with E-state index in [-0.39, 0.29) is 17.2 Å². The van der Waals surface area contributed by atoms with E-state index in [1.54, 1.807) is 17.8 Å². The lowest BCUT2D eigenvalue weighted by Gasteiger charge is -2.26. The minimum atomic E-state index is -0.0969. The summed E-state index contributed by atoms with van der Waals surface area (Å²) in [5.74, 6) is 1.36. The number of carbonyl (C=O) groups is 2. The van der Waals surface area contributed by atoms with Crippen LogP contribution in [0.4, 0.5) is 5.69 Å². The van der Waals surface area contributed by atoms with E-state index < -0.39 is 0 Å². The maximum atomic E-state index is 12.6. The Hall–Kier alpha value is -1.92. The number of rotatable bonds is 6. The first-order valence-electron chi connectivity index (χ1n) is 9.04. The molecule has 1 heterocycles. The quantitative estimate of drug-likeness (QED) is 0.555. The third-order valence-electron chi connectivity index (χ3n) is 4.42. The number of anilines is 1. The van der Waals surface area contributed by atoms with Crippen molar-refractivity contribution in [3.05, 3.63) is 64.7 Å². The number of hydrogen-bond donors (Lipinski definition) is 1. The topological polar surface area (TPSA) is 49.4 Å². The molecule has 0 spiro atoms. The Balaban J connectivity index is 1.84. The molecule has 6 heteroatoms. The number of benzene rings is 2. The molecule has 4 nitrogen and oxygen atoms in total. The molecule has 1 atom stereocenters. The number of carbonyl (C=O) groups excluding carboxylic acids is 2. The number of hydrogen-bond acceptors (Lipinski definition) is 4. The van der Waals surface area contributed by atoms with Gasteiger partial charge < -0.3 is 0 Å². The Kier molecular flexibility index (Phi) is 6.50. The molecule has 1 N–H and O–H groups in total. The molecule has 1 saturated heterocycles. The highest BCUT2D eigenvalue weighted by atomic mass is 32.2. The summed E-state index contributed by atoms with van der Waals surface area (Å²) in [5.41, 5.74) is 4.73. The monoisotopic (exact) mass is 400 g/mol. The molecule has 2 aromatic rings. The fourth-order valence-corrected chi connectivity index (χ4v) is 4.73. The Labute approximate surface area is 169 Å². The summed E-state index contributed by atoms with van der Waals surface area (Å²) in [6.45, 7) is 6.09. The number of nitrogens with zero attached hydrogens (tertiary/aromatic N) is 1. The van der Waals surface area contributed by atoms with Gasteiger partial charge in [-0.1, -0.05) is 48.7 Å². The van der Waals surface area contributed by atoms with Crippen LogP contribution in [0.25, 0.3) is 0 Å². The molecule has 142 valence electrons. The smallest absolute Gasteiger partial charge is 0.261 e. The first-order chi connectivity index (χ1) is 13.0. The lowest BCUT2D eigenvalue weighted by Crippen LogP contribution is -2.28. The first kappa shape index (κ1) is 19.8. The standard InChI is InChI=1S/C21H24N2O2S2/c1-4-11-27-22-20(25)17-9-10-18(15(3)12-17)23-19(24)13-26-21(23)16-7-5-14(2)6-8-16/h5-10,12,21H,4,11,13H2,1-3H3,(H,22,25). The molecule has 1 aliphatic heterocycles. The second-order valence-electron chi connectivity index (χ2n) is 6.62. The van der Waals surface area contributed by atoms with E-state index in [1.165, 1.54) is 17.5 Å². The lowest BCUT2D eigenvalue weighted by molar-refractivity contribution is -0.115. The number of nitrogens with one attached hydrogen (secondary N) is 1. The maximum absolute atomic E-state index is 12.6. The maximum Gasteiger partial charge on any atom is 0.261 e. The van der Waals surface area contributed by atoms with Crippen molar-refractivity contribution >= 4 is 41.2 Å². The SMILES string of the molecule is CCCSNC(=O)c1ccc(N2C(=O)CSC2c2ccc(C)cc2)c(C)c1. The van der Waals surface area contributed by atoms with E-state index >= 15 is 0 Å². The van der Waals surface area contributed by atoms with Gasteiger partial charge >= 0.3 is 0 Å². The third kappa shape index (κ3) is 4.50. The predicted molar refractivity (Wildman–Crippen MR) is 115 cm³/mol. The molecule has 0 aromatic heterocycles. The third-order valence-corrected chi connectivity index (χ3v) is 6.57. The molecular formula is C21H24N2O2S2. The molecule has 2 amide bonds. The molecule has 0 aliphatic carbocycles.